The van der Waals surface area contributed by atoms with Crippen LogP contribution in [-0.4, -0.2) is 54.8 Å². The van der Waals surface area contributed by atoms with Crippen molar-refractivity contribution >= 4 is 23.8 Å². The van der Waals surface area contributed by atoms with Gasteiger partial charge in [-0.3, -0.25) is 5.10 Å². The zero-order valence-electron chi connectivity index (χ0n) is 20.7. The van der Waals surface area contributed by atoms with Gasteiger partial charge in [-0.25, -0.2) is 23.5 Å². The lowest BCUT2D eigenvalue weighted by Crippen LogP contribution is -2.41. The number of likely N-dealkylation sites (tertiary alicyclic amines) is 1. The van der Waals surface area contributed by atoms with Crippen molar-refractivity contribution in [3.8, 4) is 0 Å². The Morgan fingerprint density at radius 3 is 2.58 bits per heavy atom. The number of benzene rings is 1. The number of halogens is 2. The fraction of sp³-hybridized carbons (Fsp3) is 0.458. The fourth-order valence-corrected chi connectivity index (χ4v) is 3.97. The molecule has 1 atom stereocenters. The first-order chi connectivity index (χ1) is 17.1. The average Bonchev–Trinajstić information content (AvgIpc) is 3.26. The third kappa shape index (κ3) is 6.43. The van der Waals surface area contributed by atoms with Gasteiger partial charge in [0.1, 0.15) is 23.6 Å². The molecule has 2 aromatic heterocycles. The summed E-state index contributed by atoms with van der Waals surface area (Å²) >= 11 is 0. The highest BCUT2D eigenvalue weighted by molar-refractivity contribution is 5.68. The molecule has 12 heteroatoms. The van der Waals surface area contributed by atoms with E-state index in [2.05, 4.69) is 35.8 Å². The van der Waals surface area contributed by atoms with Gasteiger partial charge >= 0.3 is 6.09 Å². The molecule has 1 aliphatic heterocycles. The van der Waals surface area contributed by atoms with Gasteiger partial charge in [-0.2, -0.15) is 10.1 Å². The van der Waals surface area contributed by atoms with Crippen LogP contribution < -0.4 is 10.6 Å². The summed E-state index contributed by atoms with van der Waals surface area (Å²) in [6.07, 6.45) is 2.62. The number of piperidine rings is 1. The van der Waals surface area contributed by atoms with Gasteiger partial charge < -0.3 is 20.3 Å². The normalized spacial score (nSPS) is 15.4. The molecular weight excluding hydrogens is 470 g/mol. The molecule has 0 aliphatic carbocycles. The monoisotopic (exact) mass is 500 g/mol. The topological polar surface area (TPSA) is 121 Å². The smallest absolute Gasteiger partial charge is 0.410 e. The van der Waals surface area contributed by atoms with Gasteiger partial charge in [0.05, 0.1) is 6.04 Å². The molecule has 1 aliphatic rings. The summed E-state index contributed by atoms with van der Waals surface area (Å²) in [4.78, 5) is 26.5. The summed E-state index contributed by atoms with van der Waals surface area (Å²) in [6, 6.07) is 4.81. The molecule has 36 heavy (non-hydrogen) atoms. The number of aromatic amines is 1. The first kappa shape index (κ1) is 25.3. The summed E-state index contributed by atoms with van der Waals surface area (Å²) in [5.74, 6) is -0.0281. The Kier molecular flexibility index (Phi) is 7.32. The maximum atomic E-state index is 14.1. The molecule has 1 aromatic carbocycles. The van der Waals surface area contributed by atoms with E-state index in [0.717, 1.165) is 24.6 Å². The van der Waals surface area contributed by atoms with Crippen LogP contribution in [-0.2, 0) is 4.74 Å². The molecular formula is C24H30F2N8O2. The van der Waals surface area contributed by atoms with Crippen LogP contribution >= 0.6 is 0 Å². The van der Waals surface area contributed by atoms with Crippen molar-refractivity contribution in [2.45, 2.75) is 58.1 Å². The summed E-state index contributed by atoms with van der Waals surface area (Å²) < 4.78 is 32.7. The van der Waals surface area contributed by atoms with Crippen LogP contribution in [0.5, 0.6) is 0 Å². The predicted molar refractivity (Wildman–Crippen MR) is 130 cm³/mol. The Labute approximate surface area is 207 Å². The number of nitrogens with zero attached hydrogens (tertiary/aromatic N) is 5. The first-order valence-corrected chi connectivity index (χ1v) is 11.8. The number of ether oxygens (including phenoxy) is 1. The number of hydrogen-bond donors (Lipinski definition) is 3. The minimum atomic E-state index is -0.650. The van der Waals surface area contributed by atoms with E-state index in [1.807, 2.05) is 26.8 Å². The molecule has 3 heterocycles. The maximum Gasteiger partial charge on any atom is 0.410 e. The van der Waals surface area contributed by atoms with Gasteiger partial charge in [0.15, 0.2) is 5.82 Å². The van der Waals surface area contributed by atoms with Gasteiger partial charge in [-0.05, 0) is 46.6 Å². The average molecular weight is 501 g/mol. The summed E-state index contributed by atoms with van der Waals surface area (Å²) in [5, 5.41) is 13.4. The molecule has 3 aromatic rings. The Morgan fingerprint density at radius 1 is 1.17 bits per heavy atom. The van der Waals surface area contributed by atoms with Crippen LogP contribution in [0.25, 0.3) is 0 Å². The molecule has 0 bridgehead atoms. The van der Waals surface area contributed by atoms with Crippen molar-refractivity contribution in [2.24, 2.45) is 0 Å². The van der Waals surface area contributed by atoms with E-state index in [9.17, 15) is 13.6 Å². The molecule has 0 spiro atoms. The number of carbonyl (C=O) groups is 1. The predicted octanol–water partition coefficient (Wildman–Crippen LogP) is 4.90. The van der Waals surface area contributed by atoms with Crippen molar-refractivity contribution in [3.05, 3.63) is 53.5 Å². The van der Waals surface area contributed by atoms with E-state index in [1.54, 1.807) is 11.8 Å². The third-order valence-electron chi connectivity index (χ3n) is 5.77. The molecule has 1 saturated heterocycles. The van der Waals surface area contributed by atoms with Gasteiger partial charge in [-0.1, -0.05) is 6.07 Å². The van der Waals surface area contributed by atoms with Crippen molar-refractivity contribution in [1.82, 2.24) is 30.0 Å². The quantitative estimate of drug-likeness (QED) is 0.437. The van der Waals surface area contributed by atoms with E-state index in [1.165, 1.54) is 18.5 Å². The number of H-pyrrole nitrogens is 1. The summed E-state index contributed by atoms with van der Waals surface area (Å²) in [7, 11) is 0. The van der Waals surface area contributed by atoms with Crippen molar-refractivity contribution in [2.75, 3.05) is 23.7 Å². The molecule has 3 N–H and O–H groups in total. The fourth-order valence-electron chi connectivity index (χ4n) is 3.97. The van der Waals surface area contributed by atoms with Crippen LogP contribution in [0.4, 0.5) is 31.3 Å². The highest BCUT2D eigenvalue weighted by Gasteiger charge is 2.28. The van der Waals surface area contributed by atoms with Crippen LogP contribution in [0, 0.1) is 11.6 Å². The molecule has 0 radical (unpaired) electrons. The zero-order chi connectivity index (χ0) is 25.9. The first-order valence-electron chi connectivity index (χ1n) is 11.8. The number of rotatable bonds is 6. The van der Waals surface area contributed by atoms with Crippen LogP contribution in [0.15, 0.2) is 30.6 Å². The molecule has 4 rings (SSSR count). The highest BCUT2D eigenvalue weighted by atomic mass is 19.1. The molecule has 1 unspecified atom stereocenters. The second kappa shape index (κ2) is 10.4. The Morgan fingerprint density at radius 2 is 1.89 bits per heavy atom. The van der Waals surface area contributed by atoms with Gasteiger partial charge in [-0.15, -0.1) is 0 Å². The zero-order valence-corrected chi connectivity index (χ0v) is 20.7. The Balaban J connectivity index is 1.34. The highest BCUT2D eigenvalue weighted by Crippen LogP contribution is 2.29. The van der Waals surface area contributed by atoms with Crippen molar-refractivity contribution < 1.29 is 18.3 Å². The van der Waals surface area contributed by atoms with Crippen LogP contribution in [0.3, 0.4) is 0 Å². The largest absolute Gasteiger partial charge is 0.444 e. The number of nitrogens with one attached hydrogen (secondary N) is 3. The van der Waals surface area contributed by atoms with E-state index < -0.39 is 23.3 Å². The van der Waals surface area contributed by atoms with Crippen molar-refractivity contribution in [3.63, 3.8) is 0 Å². The lowest BCUT2D eigenvalue weighted by molar-refractivity contribution is 0.0204. The van der Waals surface area contributed by atoms with Gasteiger partial charge in [0.25, 0.3) is 0 Å². The SMILES string of the molecule is CC(Nc1ncnc(Nc2cc(C3CCN(C(=O)OC(C)(C)C)CC3)[nH]n2)n1)c1ccc(F)cc1F. The number of carbonyl (C=O) groups excluding carboxylic acids is 1. The number of hydrogen-bond acceptors (Lipinski definition) is 8. The van der Waals surface area contributed by atoms with Gasteiger partial charge in [0, 0.05) is 42.4 Å². The third-order valence-corrected chi connectivity index (χ3v) is 5.77. The number of aromatic nitrogens is 5. The Bertz CT molecular complexity index is 1200. The second-order valence-electron chi connectivity index (χ2n) is 9.74. The lowest BCUT2D eigenvalue weighted by Gasteiger charge is -2.33. The molecule has 1 amide bonds. The van der Waals surface area contributed by atoms with Crippen molar-refractivity contribution in [1.29, 1.82) is 0 Å². The van der Waals surface area contributed by atoms with E-state index >= 15 is 0 Å². The minimum Gasteiger partial charge on any atom is -0.444 e. The molecule has 1 fully saturated rings. The van der Waals surface area contributed by atoms with E-state index in [0.29, 0.717) is 24.5 Å². The molecule has 10 nitrogen and oxygen atoms in total. The molecule has 192 valence electrons. The summed E-state index contributed by atoms with van der Waals surface area (Å²) in [5.41, 5.74) is 0.729. The maximum absolute atomic E-state index is 14.1. The van der Waals surface area contributed by atoms with E-state index in [-0.39, 0.29) is 23.9 Å². The van der Waals surface area contributed by atoms with E-state index in [4.69, 9.17) is 4.74 Å². The number of amides is 1. The Hall–Kier alpha value is -3.83. The lowest BCUT2D eigenvalue weighted by atomic mass is 9.94. The van der Waals surface area contributed by atoms with Crippen LogP contribution in [0.2, 0.25) is 0 Å². The number of anilines is 3. The van der Waals surface area contributed by atoms with Crippen LogP contribution in [0.1, 0.15) is 63.8 Å². The second-order valence-corrected chi connectivity index (χ2v) is 9.74. The minimum absolute atomic E-state index is 0.230. The molecule has 0 saturated carbocycles. The van der Waals surface area contributed by atoms with Gasteiger partial charge in [0.2, 0.25) is 11.9 Å². The summed E-state index contributed by atoms with van der Waals surface area (Å²) in [6.45, 7) is 8.51. The standard InChI is InChI=1S/C24H30F2N8O2/c1-14(17-6-5-16(25)11-18(17)26)29-21-27-13-28-22(31-21)30-20-12-19(32-33-20)15-7-9-34(10-8-15)23(35)36-24(2,3)4/h5-6,11-15H,7-10H2,1-4H3,(H3,27,28,29,30,31,32,33).